The molecule has 32 heavy (non-hydrogen) atoms. The molecule has 0 spiro atoms. The second-order valence-corrected chi connectivity index (χ2v) is 9.88. The summed E-state index contributed by atoms with van der Waals surface area (Å²) in [4.78, 5) is 18.7. The molecule has 2 aliphatic rings. The first kappa shape index (κ1) is 22.8. The highest BCUT2D eigenvalue weighted by Gasteiger charge is 2.33. The quantitative estimate of drug-likeness (QED) is 0.716. The van der Waals surface area contributed by atoms with Crippen LogP contribution in [0.4, 0.5) is 15.1 Å². The molecule has 0 aliphatic carbocycles. The summed E-state index contributed by atoms with van der Waals surface area (Å²) < 4.78 is 20.6. The van der Waals surface area contributed by atoms with Crippen LogP contribution in [-0.4, -0.2) is 61.7 Å². The van der Waals surface area contributed by atoms with Crippen molar-refractivity contribution < 1.29 is 19.0 Å². The van der Waals surface area contributed by atoms with Gasteiger partial charge in [0, 0.05) is 30.1 Å². The number of aromatic nitrogens is 3. The lowest BCUT2D eigenvalue weighted by atomic mass is 9.90. The van der Waals surface area contributed by atoms with Crippen molar-refractivity contribution in [3.8, 4) is 0 Å². The van der Waals surface area contributed by atoms with E-state index < -0.39 is 17.5 Å². The SMILES string of the molecule is CC(C)(C)OC(=O)N1CCC(Nc2nc3n(n2)CC(O)CC3c2ccc(F)cc2Cl)CC1. The molecule has 10 heteroatoms. The zero-order valence-electron chi connectivity index (χ0n) is 18.5. The predicted molar refractivity (Wildman–Crippen MR) is 118 cm³/mol. The first-order chi connectivity index (χ1) is 15.1. The molecule has 0 saturated carbocycles. The zero-order valence-corrected chi connectivity index (χ0v) is 19.3. The van der Waals surface area contributed by atoms with Gasteiger partial charge in [0.15, 0.2) is 0 Å². The molecule has 1 aromatic carbocycles. The van der Waals surface area contributed by atoms with Crippen molar-refractivity contribution in [2.75, 3.05) is 18.4 Å². The average Bonchev–Trinajstić information content (AvgIpc) is 3.09. The maximum absolute atomic E-state index is 13.5. The maximum atomic E-state index is 13.5. The number of anilines is 1. The molecule has 2 N–H and O–H groups in total. The van der Waals surface area contributed by atoms with E-state index >= 15 is 0 Å². The van der Waals surface area contributed by atoms with Crippen LogP contribution < -0.4 is 5.32 Å². The highest BCUT2D eigenvalue weighted by Crippen LogP contribution is 2.37. The number of hydrogen-bond donors (Lipinski definition) is 2. The van der Waals surface area contributed by atoms with Crippen molar-refractivity contribution in [1.82, 2.24) is 19.7 Å². The molecule has 174 valence electrons. The molecule has 0 radical (unpaired) electrons. The number of halogens is 2. The molecule has 1 amide bonds. The highest BCUT2D eigenvalue weighted by atomic mass is 35.5. The molecule has 4 rings (SSSR count). The average molecular weight is 466 g/mol. The van der Waals surface area contributed by atoms with Crippen LogP contribution in [0.1, 0.15) is 57.3 Å². The number of carbonyl (C=O) groups is 1. The number of aliphatic hydroxyl groups is 1. The summed E-state index contributed by atoms with van der Waals surface area (Å²) >= 11 is 6.28. The van der Waals surface area contributed by atoms with Crippen LogP contribution in [-0.2, 0) is 11.3 Å². The molecule has 1 fully saturated rings. The lowest BCUT2D eigenvalue weighted by Gasteiger charge is -2.33. The fourth-order valence-electron chi connectivity index (χ4n) is 4.22. The largest absolute Gasteiger partial charge is 0.444 e. The Balaban J connectivity index is 1.43. The summed E-state index contributed by atoms with van der Waals surface area (Å²) in [6.07, 6.45) is 1.05. The van der Waals surface area contributed by atoms with E-state index in [4.69, 9.17) is 16.3 Å². The van der Waals surface area contributed by atoms with Gasteiger partial charge in [-0.2, -0.15) is 4.98 Å². The number of benzene rings is 1. The van der Waals surface area contributed by atoms with Gasteiger partial charge in [0.2, 0.25) is 5.95 Å². The molecular weight excluding hydrogens is 437 g/mol. The normalized spacial score (nSPS) is 21.9. The molecule has 1 saturated heterocycles. The van der Waals surface area contributed by atoms with Crippen LogP contribution in [0.25, 0.3) is 0 Å². The first-order valence-electron chi connectivity index (χ1n) is 10.9. The Bertz CT molecular complexity index is 984. The fourth-order valence-corrected chi connectivity index (χ4v) is 4.52. The molecular formula is C22H29ClFN5O3. The summed E-state index contributed by atoms with van der Waals surface area (Å²) in [6, 6.07) is 4.39. The summed E-state index contributed by atoms with van der Waals surface area (Å²) in [7, 11) is 0. The van der Waals surface area contributed by atoms with Gasteiger partial charge in [0.25, 0.3) is 0 Å². The zero-order chi connectivity index (χ0) is 23.0. The number of nitrogens with zero attached hydrogens (tertiary/aromatic N) is 4. The lowest BCUT2D eigenvalue weighted by Crippen LogP contribution is -2.44. The minimum Gasteiger partial charge on any atom is -0.444 e. The van der Waals surface area contributed by atoms with Crippen molar-refractivity contribution in [1.29, 1.82) is 0 Å². The van der Waals surface area contributed by atoms with Crippen molar-refractivity contribution >= 4 is 23.6 Å². The highest BCUT2D eigenvalue weighted by molar-refractivity contribution is 6.31. The van der Waals surface area contributed by atoms with Crippen LogP contribution in [0.3, 0.4) is 0 Å². The van der Waals surface area contributed by atoms with Gasteiger partial charge in [0.05, 0.1) is 12.6 Å². The summed E-state index contributed by atoms with van der Waals surface area (Å²) in [5, 5.41) is 18.6. The smallest absolute Gasteiger partial charge is 0.410 e. The van der Waals surface area contributed by atoms with Crippen molar-refractivity contribution in [2.45, 2.75) is 70.2 Å². The van der Waals surface area contributed by atoms with E-state index in [1.807, 2.05) is 20.8 Å². The number of rotatable bonds is 3. The Morgan fingerprint density at radius 1 is 1.31 bits per heavy atom. The predicted octanol–water partition coefficient (Wildman–Crippen LogP) is 3.78. The second-order valence-electron chi connectivity index (χ2n) is 9.47. The summed E-state index contributed by atoms with van der Waals surface area (Å²) in [5.74, 6) is 0.492. The number of nitrogens with one attached hydrogen (secondary N) is 1. The number of amides is 1. The van der Waals surface area contributed by atoms with Crippen molar-refractivity contribution in [3.05, 3.63) is 40.4 Å². The standard InChI is InChI=1S/C22H29ClFN5O3/c1-22(2,3)32-21(31)28-8-6-14(7-9-28)25-20-26-19-17(11-15(30)12-29(19)27-20)16-5-4-13(24)10-18(16)23/h4-5,10,14-15,17,30H,6-9,11-12H2,1-3H3,(H,25,27). The molecule has 0 bridgehead atoms. The minimum atomic E-state index is -0.597. The van der Waals surface area contributed by atoms with E-state index in [0.717, 1.165) is 18.4 Å². The summed E-state index contributed by atoms with van der Waals surface area (Å²) in [6.45, 7) is 7.09. The third kappa shape index (κ3) is 5.15. The van der Waals surface area contributed by atoms with Gasteiger partial charge in [-0.25, -0.2) is 13.9 Å². The Morgan fingerprint density at radius 3 is 2.69 bits per heavy atom. The fraction of sp³-hybridized carbons (Fsp3) is 0.591. The van der Waals surface area contributed by atoms with E-state index in [2.05, 4.69) is 15.4 Å². The van der Waals surface area contributed by atoms with E-state index in [9.17, 15) is 14.3 Å². The molecule has 2 aromatic rings. The van der Waals surface area contributed by atoms with Crippen LogP contribution in [0.2, 0.25) is 5.02 Å². The Morgan fingerprint density at radius 2 is 2.03 bits per heavy atom. The molecule has 1 aromatic heterocycles. The molecule has 2 atom stereocenters. The molecule has 3 heterocycles. The van der Waals surface area contributed by atoms with Crippen molar-refractivity contribution in [3.63, 3.8) is 0 Å². The monoisotopic (exact) mass is 465 g/mol. The molecule has 2 aliphatic heterocycles. The van der Waals surface area contributed by atoms with Crippen LogP contribution in [0, 0.1) is 5.82 Å². The number of ether oxygens (including phenoxy) is 1. The van der Waals surface area contributed by atoms with Crippen molar-refractivity contribution in [2.24, 2.45) is 0 Å². The minimum absolute atomic E-state index is 0.121. The third-order valence-electron chi connectivity index (χ3n) is 5.72. The number of fused-ring (bicyclic) bond motifs is 1. The van der Waals surface area contributed by atoms with Crippen LogP contribution >= 0.6 is 11.6 Å². The molecule has 8 nitrogen and oxygen atoms in total. The maximum Gasteiger partial charge on any atom is 0.410 e. The molecule has 2 unspecified atom stereocenters. The lowest BCUT2D eigenvalue weighted by molar-refractivity contribution is 0.0210. The van der Waals surface area contributed by atoms with Crippen LogP contribution in [0.5, 0.6) is 0 Å². The van der Waals surface area contributed by atoms with E-state index in [1.54, 1.807) is 15.6 Å². The topological polar surface area (TPSA) is 92.5 Å². The van der Waals surface area contributed by atoms with Gasteiger partial charge in [-0.05, 0) is 57.7 Å². The Labute approximate surface area is 191 Å². The number of hydrogen-bond acceptors (Lipinski definition) is 6. The van der Waals surface area contributed by atoms with Gasteiger partial charge >= 0.3 is 6.09 Å². The van der Waals surface area contributed by atoms with Crippen LogP contribution in [0.15, 0.2) is 18.2 Å². The Hall–Kier alpha value is -2.39. The van der Waals surface area contributed by atoms with E-state index in [0.29, 0.717) is 42.9 Å². The second kappa shape index (κ2) is 8.86. The third-order valence-corrected chi connectivity index (χ3v) is 6.05. The van der Waals surface area contributed by atoms with E-state index in [1.165, 1.54) is 12.1 Å². The number of carbonyl (C=O) groups excluding carboxylic acids is 1. The van der Waals surface area contributed by atoms with Gasteiger partial charge in [-0.3, -0.25) is 0 Å². The first-order valence-corrected chi connectivity index (χ1v) is 11.3. The van der Waals surface area contributed by atoms with Gasteiger partial charge < -0.3 is 20.1 Å². The van der Waals surface area contributed by atoms with Gasteiger partial charge in [-0.1, -0.05) is 17.7 Å². The summed E-state index contributed by atoms with van der Waals surface area (Å²) in [5.41, 5.74) is 0.206. The Kier molecular flexibility index (Phi) is 6.31. The van der Waals surface area contributed by atoms with Gasteiger partial charge in [0.1, 0.15) is 17.2 Å². The van der Waals surface area contributed by atoms with Gasteiger partial charge in [-0.15, -0.1) is 5.10 Å². The van der Waals surface area contributed by atoms with E-state index in [-0.39, 0.29) is 18.1 Å². The number of piperidine rings is 1. The number of likely N-dealkylation sites (tertiary alicyclic amines) is 1. The number of aliphatic hydroxyl groups excluding tert-OH is 1.